The van der Waals surface area contributed by atoms with E-state index in [0.29, 0.717) is 35.5 Å². The average molecular weight is 393 g/mol. The van der Waals surface area contributed by atoms with Gasteiger partial charge in [0.25, 0.3) is 0 Å². The molecule has 0 bridgehead atoms. The first-order valence-corrected chi connectivity index (χ1v) is 9.29. The van der Waals surface area contributed by atoms with Gasteiger partial charge < -0.3 is 28.8 Å². The second-order valence-corrected chi connectivity index (χ2v) is 6.61. The molecule has 0 aliphatic heterocycles. The summed E-state index contributed by atoms with van der Waals surface area (Å²) >= 11 is 5.65. The molecule has 148 valence electrons. The van der Waals surface area contributed by atoms with Crippen molar-refractivity contribution < 1.29 is 18.6 Å². The third kappa shape index (κ3) is 5.53. The molecule has 0 radical (unpaired) electrons. The molecule has 1 atom stereocenters. The molecule has 0 aliphatic rings. The van der Waals surface area contributed by atoms with Gasteiger partial charge in [-0.05, 0) is 55.4 Å². The lowest BCUT2D eigenvalue weighted by Crippen LogP contribution is -2.42. The summed E-state index contributed by atoms with van der Waals surface area (Å²) in [7, 11) is 4.81. The average Bonchev–Trinajstić information content (AvgIpc) is 3.19. The standard InChI is InChI=1S/C20H28N2O4S/c1-6-14(2)21-20(27)22(13-16-8-7-9-26-16)12-15-10-17(23-3)19(25-5)18(11-15)24-4/h7-11,14H,6,12-13H2,1-5H3,(H,21,27)/t14-/m0/s1. The van der Waals surface area contributed by atoms with Gasteiger partial charge in [0.05, 0.1) is 34.1 Å². The molecule has 0 saturated heterocycles. The fraction of sp³-hybridized carbons (Fsp3) is 0.450. The predicted molar refractivity (Wildman–Crippen MR) is 110 cm³/mol. The third-order valence-electron chi connectivity index (χ3n) is 4.29. The fourth-order valence-electron chi connectivity index (χ4n) is 2.64. The molecule has 1 heterocycles. The maximum absolute atomic E-state index is 5.65. The van der Waals surface area contributed by atoms with Crippen LogP contribution in [0.3, 0.4) is 0 Å². The van der Waals surface area contributed by atoms with E-state index in [1.54, 1.807) is 27.6 Å². The number of thiocarbonyl (C=S) groups is 1. The van der Waals surface area contributed by atoms with E-state index in [-0.39, 0.29) is 6.04 Å². The van der Waals surface area contributed by atoms with Crippen molar-refractivity contribution in [3.63, 3.8) is 0 Å². The third-order valence-corrected chi connectivity index (χ3v) is 4.67. The molecule has 0 amide bonds. The first-order valence-electron chi connectivity index (χ1n) is 8.89. The Labute approximate surface area is 166 Å². The van der Waals surface area contributed by atoms with E-state index in [1.807, 2.05) is 24.3 Å². The van der Waals surface area contributed by atoms with Gasteiger partial charge in [-0.15, -0.1) is 0 Å². The van der Waals surface area contributed by atoms with Crippen molar-refractivity contribution in [3.05, 3.63) is 41.9 Å². The van der Waals surface area contributed by atoms with E-state index in [0.717, 1.165) is 17.7 Å². The van der Waals surface area contributed by atoms with E-state index >= 15 is 0 Å². The first kappa shape index (κ1) is 20.9. The lowest BCUT2D eigenvalue weighted by atomic mass is 10.1. The number of hydrogen-bond acceptors (Lipinski definition) is 5. The second kappa shape index (κ2) is 10.1. The van der Waals surface area contributed by atoms with Crippen LogP contribution in [0.15, 0.2) is 34.9 Å². The normalized spacial score (nSPS) is 11.6. The SMILES string of the molecule is CC[C@H](C)NC(=S)N(Cc1cc(OC)c(OC)c(OC)c1)Cc1ccco1. The monoisotopic (exact) mass is 392 g/mol. The molecular formula is C20H28N2O4S. The summed E-state index contributed by atoms with van der Waals surface area (Å²) in [6.45, 7) is 5.36. The Kier molecular flexibility index (Phi) is 7.79. The summed E-state index contributed by atoms with van der Waals surface area (Å²) in [5, 5.41) is 4.05. The fourth-order valence-corrected chi connectivity index (χ4v) is 2.97. The Morgan fingerprint density at radius 3 is 2.30 bits per heavy atom. The smallest absolute Gasteiger partial charge is 0.203 e. The predicted octanol–water partition coefficient (Wildman–Crippen LogP) is 3.98. The van der Waals surface area contributed by atoms with Crippen molar-refractivity contribution in [1.82, 2.24) is 10.2 Å². The van der Waals surface area contributed by atoms with Crippen LogP contribution in [0.25, 0.3) is 0 Å². The van der Waals surface area contributed by atoms with Crippen LogP contribution in [-0.4, -0.2) is 37.4 Å². The van der Waals surface area contributed by atoms with Gasteiger partial charge in [0, 0.05) is 12.6 Å². The van der Waals surface area contributed by atoms with Crippen molar-refractivity contribution >= 4 is 17.3 Å². The van der Waals surface area contributed by atoms with Gasteiger partial charge in [-0.2, -0.15) is 0 Å². The number of furan rings is 1. The highest BCUT2D eigenvalue weighted by Crippen LogP contribution is 2.38. The zero-order valence-corrected chi connectivity index (χ0v) is 17.4. The molecule has 1 N–H and O–H groups in total. The number of nitrogens with zero attached hydrogens (tertiary/aromatic N) is 1. The molecule has 0 saturated carbocycles. The summed E-state index contributed by atoms with van der Waals surface area (Å²) in [5.41, 5.74) is 0.990. The summed E-state index contributed by atoms with van der Waals surface area (Å²) in [6.07, 6.45) is 2.65. The topological polar surface area (TPSA) is 56.1 Å². The van der Waals surface area contributed by atoms with E-state index in [2.05, 4.69) is 24.1 Å². The van der Waals surface area contributed by atoms with Gasteiger partial charge >= 0.3 is 0 Å². The minimum absolute atomic E-state index is 0.288. The lowest BCUT2D eigenvalue weighted by Gasteiger charge is -2.27. The number of benzene rings is 1. The van der Waals surface area contributed by atoms with Crippen molar-refractivity contribution in [2.24, 2.45) is 0 Å². The molecule has 7 heteroatoms. The van der Waals surface area contributed by atoms with Gasteiger partial charge in [-0.25, -0.2) is 0 Å². The lowest BCUT2D eigenvalue weighted by molar-refractivity contribution is 0.319. The van der Waals surface area contributed by atoms with Crippen LogP contribution in [0.5, 0.6) is 17.2 Å². The Hall–Kier alpha value is -2.41. The molecule has 0 aliphatic carbocycles. The summed E-state index contributed by atoms with van der Waals surface area (Å²) in [4.78, 5) is 2.06. The van der Waals surface area contributed by atoms with Gasteiger partial charge in [-0.1, -0.05) is 6.92 Å². The molecule has 0 fully saturated rings. The summed E-state index contributed by atoms with van der Waals surface area (Å²) in [5.74, 6) is 2.65. The van der Waals surface area contributed by atoms with E-state index in [1.165, 1.54) is 0 Å². The van der Waals surface area contributed by atoms with Crippen molar-refractivity contribution in [1.29, 1.82) is 0 Å². The Bertz CT molecular complexity index is 709. The number of hydrogen-bond donors (Lipinski definition) is 1. The molecular weight excluding hydrogens is 364 g/mol. The molecule has 1 aromatic heterocycles. The minimum Gasteiger partial charge on any atom is -0.493 e. The maximum Gasteiger partial charge on any atom is 0.203 e. The zero-order valence-electron chi connectivity index (χ0n) is 16.6. The molecule has 2 rings (SSSR count). The van der Waals surface area contributed by atoms with E-state index < -0.39 is 0 Å². The molecule has 0 unspecified atom stereocenters. The maximum atomic E-state index is 5.65. The van der Waals surface area contributed by atoms with Gasteiger partial charge in [0.2, 0.25) is 5.75 Å². The number of ether oxygens (including phenoxy) is 3. The van der Waals surface area contributed by atoms with Crippen LogP contribution in [0.2, 0.25) is 0 Å². The van der Waals surface area contributed by atoms with E-state index in [9.17, 15) is 0 Å². The Morgan fingerprint density at radius 2 is 1.81 bits per heavy atom. The van der Waals surface area contributed by atoms with Gasteiger partial charge in [0.1, 0.15) is 5.76 Å². The minimum atomic E-state index is 0.288. The summed E-state index contributed by atoms with van der Waals surface area (Å²) in [6, 6.07) is 7.97. The number of rotatable bonds is 9. The summed E-state index contributed by atoms with van der Waals surface area (Å²) < 4.78 is 21.8. The molecule has 0 spiro atoms. The second-order valence-electron chi connectivity index (χ2n) is 6.23. The van der Waals surface area contributed by atoms with Crippen LogP contribution in [0, 0.1) is 0 Å². The van der Waals surface area contributed by atoms with Gasteiger partial charge in [-0.3, -0.25) is 0 Å². The number of methoxy groups -OCH3 is 3. The van der Waals surface area contributed by atoms with Crippen LogP contribution in [-0.2, 0) is 13.1 Å². The van der Waals surface area contributed by atoms with Crippen LogP contribution < -0.4 is 19.5 Å². The largest absolute Gasteiger partial charge is 0.493 e. The highest BCUT2D eigenvalue weighted by Gasteiger charge is 2.18. The molecule has 6 nitrogen and oxygen atoms in total. The first-order chi connectivity index (χ1) is 13.0. The zero-order chi connectivity index (χ0) is 19.8. The van der Waals surface area contributed by atoms with Gasteiger partial charge in [0.15, 0.2) is 16.6 Å². The Balaban J connectivity index is 2.29. The van der Waals surface area contributed by atoms with Crippen LogP contribution >= 0.6 is 12.2 Å². The van der Waals surface area contributed by atoms with Crippen LogP contribution in [0.4, 0.5) is 0 Å². The molecule has 1 aromatic carbocycles. The quantitative estimate of drug-likeness (QED) is 0.648. The number of nitrogens with one attached hydrogen (secondary N) is 1. The highest BCUT2D eigenvalue weighted by atomic mass is 32.1. The van der Waals surface area contributed by atoms with Crippen LogP contribution in [0.1, 0.15) is 31.6 Å². The Morgan fingerprint density at radius 1 is 1.15 bits per heavy atom. The highest BCUT2D eigenvalue weighted by molar-refractivity contribution is 7.80. The van der Waals surface area contributed by atoms with Crippen molar-refractivity contribution in [2.45, 2.75) is 39.4 Å². The molecule has 27 heavy (non-hydrogen) atoms. The molecule has 2 aromatic rings. The van der Waals surface area contributed by atoms with E-state index in [4.69, 9.17) is 30.8 Å². The van der Waals surface area contributed by atoms with Crippen molar-refractivity contribution in [3.8, 4) is 17.2 Å². The van der Waals surface area contributed by atoms with Crippen molar-refractivity contribution in [2.75, 3.05) is 21.3 Å².